The highest BCUT2D eigenvalue weighted by Gasteiger charge is 2.27. The summed E-state index contributed by atoms with van der Waals surface area (Å²) in [5.41, 5.74) is 4.13. The van der Waals surface area contributed by atoms with Crippen LogP contribution >= 0.6 is 11.8 Å². The maximum Gasteiger partial charge on any atom is 0.233 e. The Morgan fingerprint density at radius 1 is 1.19 bits per heavy atom. The number of hydrogen-bond donors (Lipinski definition) is 1. The quantitative estimate of drug-likeness (QED) is 0.572. The zero-order chi connectivity index (χ0) is 22.7. The Bertz CT molecular complexity index is 1140. The van der Waals surface area contributed by atoms with Crippen molar-refractivity contribution in [1.29, 1.82) is 0 Å². The molecule has 7 nitrogen and oxygen atoms in total. The number of nitrogens with zero attached hydrogens (tertiary/aromatic N) is 4. The highest BCUT2D eigenvalue weighted by atomic mass is 32.2. The van der Waals surface area contributed by atoms with E-state index in [1.807, 2.05) is 53.8 Å². The first-order valence-corrected chi connectivity index (χ1v) is 11.7. The van der Waals surface area contributed by atoms with Crippen molar-refractivity contribution in [3.05, 3.63) is 65.5 Å². The fourth-order valence-corrected chi connectivity index (χ4v) is 5.11. The number of nitrogens with one attached hydrogen (secondary N) is 1. The predicted octanol–water partition coefficient (Wildman–Crippen LogP) is 4.16. The van der Waals surface area contributed by atoms with E-state index < -0.39 is 0 Å². The van der Waals surface area contributed by atoms with Gasteiger partial charge in [0.15, 0.2) is 5.16 Å². The average molecular weight is 450 g/mol. The molecule has 4 rings (SSSR count). The normalized spacial score (nSPS) is 15.2. The van der Waals surface area contributed by atoms with Gasteiger partial charge in [-0.1, -0.05) is 42.1 Å². The first kappa shape index (κ1) is 22.1. The third kappa shape index (κ3) is 4.70. The molecular formula is C24H27N5O2S. The van der Waals surface area contributed by atoms with Crippen LogP contribution in [-0.2, 0) is 16.0 Å². The van der Waals surface area contributed by atoms with Crippen LogP contribution in [0.3, 0.4) is 0 Å². The molecule has 32 heavy (non-hydrogen) atoms. The zero-order valence-corrected chi connectivity index (χ0v) is 19.4. The monoisotopic (exact) mass is 449 g/mol. The summed E-state index contributed by atoms with van der Waals surface area (Å²) < 4.78 is 1.90. The Kier molecular flexibility index (Phi) is 6.60. The number of fused-ring (bicyclic) bond motifs is 1. The van der Waals surface area contributed by atoms with Crippen LogP contribution < -0.4 is 5.32 Å². The number of anilines is 1. The van der Waals surface area contributed by atoms with E-state index in [1.165, 1.54) is 29.8 Å². The number of carbonyl (C=O) groups is 2. The number of aromatic nitrogens is 3. The molecule has 1 unspecified atom stereocenters. The molecule has 0 fully saturated rings. The van der Waals surface area contributed by atoms with Gasteiger partial charge in [-0.3, -0.25) is 14.2 Å². The van der Waals surface area contributed by atoms with Gasteiger partial charge in [0.1, 0.15) is 5.82 Å². The van der Waals surface area contributed by atoms with Gasteiger partial charge in [-0.2, -0.15) is 0 Å². The van der Waals surface area contributed by atoms with E-state index in [1.54, 1.807) is 0 Å². The maximum absolute atomic E-state index is 13.1. The third-order valence-electron chi connectivity index (χ3n) is 5.74. The summed E-state index contributed by atoms with van der Waals surface area (Å²) in [6.45, 7) is 3.35. The van der Waals surface area contributed by atoms with Gasteiger partial charge in [-0.25, -0.2) is 0 Å². The first-order chi connectivity index (χ1) is 15.4. The molecule has 1 N–H and O–H groups in total. The van der Waals surface area contributed by atoms with Gasteiger partial charge in [0.05, 0.1) is 17.5 Å². The first-order valence-electron chi connectivity index (χ1n) is 10.7. The highest BCUT2D eigenvalue weighted by molar-refractivity contribution is 7.99. The summed E-state index contributed by atoms with van der Waals surface area (Å²) in [7, 11) is 1.89. The lowest BCUT2D eigenvalue weighted by atomic mass is 9.87. The van der Waals surface area contributed by atoms with E-state index in [-0.39, 0.29) is 23.6 Å². The van der Waals surface area contributed by atoms with Crippen LogP contribution in [0.1, 0.15) is 42.8 Å². The molecule has 0 bridgehead atoms. The van der Waals surface area contributed by atoms with E-state index in [4.69, 9.17) is 0 Å². The lowest BCUT2D eigenvalue weighted by Gasteiger charge is -2.33. The molecule has 0 saturated carbocycles. The second-order valence-electron chi connectivity index (χ2n) is 8.00. The van der Waals surface area contributed by atoms with Gasteiger partial charge in [-0.15, -0.1) is 10.2 Å². The summed E-state index contributed by atoms with van der Waals surface area (Å²) >= 11 is 1.38. The van der Waals surface area contributed by atoms with Gasteiger partial charge in [-0.05, 0) is 55.5 Å². The molecule has 2 aromatic carbocycles. The average Bonchev–Trinajstić information content (AvgIpc) is 3.16. The second-order valence-corrected chi connectivity index (χ2v) is 8.94. The summed E-state index contributed by atoms with van der Waals surface area (Å²) in [5, 5.41) is 11.9. The summed E-state index contributed by atoms with van der Waals surface area (Å²) in [6, 6.07) is 16.0. The van der Waals surface area contributed by atoms with Crippen molar-refractivity contribution < 1.29 is 9.59 Å². The predicted molar refractivity (Wildman–Crippen MR) is 126 cm³/mol. The van der Waals surface area contributed by atoms with Gasteiger partial charge >= 0.3 is 0 Å². The molecule has 0 spiro atoms. The van der Waals surface area contributed by atoms with Crippen LogP contribution in [-0.4, -0.2) is 44.3 Å². The SMILES string of the molecule is CC(=O)Nc1cccc(-n2c(C)nnc2SCC(=O)N(C)C2CCCc3ccccc32)c1. The van der Waals surface area contributed by atoms with Gasteiger partial charge in [0.25, 0.3) is 0 Å². The fourth-order valence-electron chi connectivity index (χ4n) is 4.19. The molecule has 8 heteroatoms. The van der Waals surface area contributed by atoms with Gasteiger partial charge in [0.2, 0.25) is 11.8 Å². The smallest absolute Gasteiger partial charge is 0.233 e. The molecule has 1 aromatic heterocycles. The number of benzene rings is 2. The minimum absolute atomic E-state index is 0.0657. The number of hydrogen-bond acceptors (Lipinski definition) is 5. The lowest BCUT2D eigenvalue weighted by molar-refractivity contribution is -0.129. The Morgan fingerprint density at radius 2 is 2.00 bits per heavy atom. The maximum atomic E-state index is 13.1. The molecule has 3 aromatic rings. The Hall–Kier alpha value is -3.13. The van der Waals surface area contributed by atoms with Gasteiger partial charge < -0.3 is 10.2 Å². The van der Waals surface area contributed by atoms with Crippen molar-refractivity contribution in [2.75, 3.05) is 18.1 Å². The second kappa shape index (κ2) is 9.56. The van der Waals surface area contributed by atoms with Crippen LogP contribution in [0.15, 0.2) is 53.7 Å². The largest absolute Gasteiger partial charge is 0.338 e. The number of rotatable bonds is 6. The number of aryl methyl sites for hydroxylation is 2. The van der Waals surface area contributed by atoms with E-state index in [9.17, 15) is 9.59 Å². The molecule has 1 aliphatic rings. The molecule has 0 aliphatic heterocycles. The van der Waals surface area contributed by atoms with Crippen molar-refractivity contribution in [2.45, 2.75) is 44.3 Å². The molecule has 2 amide bonds. The highest BCUT2D eigenvalue weighted by Crippen LogP contribution is 2.34. The van der Waals surface area contributed by atoms with Crippen molar-refractivity contribution in [3.63, 3.8) is 0 Å². The summed E-state index contributed by atoms with van der Waals surface area (Å²) in [6.07, 6.45) is 3.14. The van der Waals surface area contributed by atoms with Crippen LogP contribution in [0, 0.1) is 6.92 Å². The van der Waals surface area contributed by atoms with E-state index in [0.717, 1.165) is 30.8 Å². The summed E-state index contributed by atoms with van der Waals surface area (Å²) in [4.78, 5) is 26.3. The molecule has 0 radical (unpaired) electrons. The van der Waals surface area contributed by atoms with E-state index in [0.29, 0.717) is 10.8 Å². The molecule has 1 atom stereocenters. The van der Waals surface area contributed by atoms with Crippen LogP contribution in [0.25, 0.3) is 5.69 Å². The van der Waals surface area contributed by atoms with Crippen LogP contribution in [0.2, 0.25) is 0 Å². The topological polar surface area (TPSA) is 80.1 Å². The molecule has 166 valence electrons. The minimum atomic E-state index is -0.129. The number of amides is 2. The van der Waals surface area contributed by atoms with Crippen LogP contribution in [0.5, 0.6) is 0 Å². The molecule has 1 aliphatic carbocycles. The summed E-state index contributed by atoms with van der Waals surface area (Å²) in [5.74, 6) is 0.930. The molecule has 1 heterocycles. The minimum Gasteiger partial charge on any atom is -0.338 e. The Balaban J connectivity index is 1.49. The standard InChI is InChI=1S/C24H27N5O2S/c1-16-26-27-24(29(16)20-11-7-10-19(14-20)25-17(2)30)32-15-23(31)28(3)22-13-6-9-18-8-4-5-12-21(18)22/h4-5,7-8,10-12,14,22H,6,9,13,15H2,1-3H3,(H,25,30). The molecule has 0 saturated heterocycles. The van der Waals surface area contributed by atoms with Crippen molar-refractivity contribution in [2.24, 2.45) is 0 Å². The number of thioether (sulfide) groups is 1. The van der Waals surface area contributed by atoms with Crippen LogP contribution in [0.4, 0.5) is 5.69 Å². The molecular weight excluding hydrogens is 422 g/mol. The fraction of sp³-hybridized carbons (Fsp3) is 0.333. The third-order valence-corrected chi connectivity index (χ3v) is 6.66. The van der Waals surface area contributed by atoms with Crippen molar-refractivity contribution in [3.8, 4) is 5.69 Å². The van der Waals surface area contributed by atoms with Gasteiger partial charge in [0, 0.05) is 19.7 Å². The zero-order valence-electron chi connectivity index (χ0n) is 18.5. The number of carbonyl (C=O) groups excluding carboxylic acids is 2. The van der Waals surface area contributed by atoms with Crippen molar-refractivity contribution in [1.82, 2.24) is 19.7 Å². The van der Waals surface area contributed by atoms with Crippen molar-refractivity contribution >= 4 is 29.3 Å². The Labute approximate surface area is 192 Å². The van der Waals surface area contributed by atoms with E-state index in [2.05, 4.69) is 33.7 Å². The lowest BCUT2D eigenvalue weighted by Crippen LogP contribution is -2.34. The Morgan fingerprint density at radius 3 is 2.81 bits per heavy atom. The van der Waals surface area contributed by atoms with E-state index >= 15 is 0 Å².